The zero-order valence-electron chi connectivity index (χ0n) is 15.6. The molecule has 0 spiro atoms. The highest BCUT2D eigenvalue weighted by molar-refractivity contribution is 5.97. The van der Waals surface area contributed by atoms with E-state index in [0.717, 1.165) is 31.7 Å². The molecule has 2 amide bonds. The quantitative estimate of drug-likeness (QED) is 0.642. The fraction of sp³-hybridized carbons (Fsp3) is 0.550. The molecule has 1 aliphatic carbocycles. The molecule has 0 saturated heterocycles. The molecule has 1 aliphatic rings. The van der Waals surface area contributed by atoms with E-state index in [4.69, 9.17) is 5.11 Å². The highest BCUT2D eigenvalue weighted by atomic mass is 19.1. The van der Waals surface area contributed by atoms with Gasteiger partial charge in [-0.05, 0) is 37.0 Å². The molecule has 1 saturated carbocycles. The molecule has 1 fully saturated rings. The van der Waals surface area contributed by atoms with Crippen molar-refractivity contribution in [2.75, 3.05) is 5.32 Å². The van der Waals surface area contributed by atoms with Gasteiger partial charge in [-0.2, -0.15) is 0 Å². The summed E-state index contributed by atoms with van der Waals surface area (Å²) in [5.41, 5.74) is 0.175. The molecular formula is C20H27FN2O4. The number of aliphatic carboxylic acids is 1. The molecule has 6 nitrogen and oxygen atoms in total. The van der Waals surface area contributed by atoms with Gasteiger partial charge in [0.15, 0.2) is 0 Å². The van der Waals surface area contributed by atoms with Crippen molar-refractivity contribution in [3.8, 4) is 0 Å². The fourth-order valence-corrected chi connectivity index (χ4v) is 3.62. The third-order valence-electron chi connectivity index (χ3n) is 4.92. The van der Waals surface area contributed by atoms with Gasteiger partial charge in [0.25, 0.3) is 5.91 Å². The molecule has 3 N–H and O–H groups in total. The summed E-state index contributed by atoms with van der Waals surface area (Å²) >= 11 is 0. The maximum atomic E-state index is 14.1. The van der Waals surface area contributed by atoms with E-state index in [0.29, 0.717) is 24.4 Å². The second-order valence-electron chi connectivity index (χ2n) is 7.22. The standard InChI is InChI=1S/C20H27FN2O4/c1-13(24)22-16-7-9-18(21)17(12-16)20(27)23-15(8-10-19(25)26)11-14-5-3-2-4-6-14/h7,9,12,14-15H,2-6,8,10-11H2,1H3,(H,22,24)(H,23,27)(H,25,26). The summed E-state index contributed by atoms with van der Waals surface area (Å²) in [6, 6.07) is 3.49. The first-order valence-corrected chi connectivity index (χ1v) is 9.45. The number of rotatable bonds is 8. The van der Waals surface area contributed by atoms with Gasteiger partial charge in [-0.3, -0.25) is 14.4 Å². The van der Waals surface area contributed by atoms with Crippen LogP contribution in [-0.2, 0) is 9.59 Å². The van der Waals surface area contributed by atoms with Gasteiger partial charge >= 0.3 is 5.97 Å². The Labute approximate surface area is 158 Å². The predicted molar refractivity (Wildman–Crippen MR) is 100 cm³/mol. The van der Waals surface area contributed by atoms with Crippen LogP contribution < -0.4 is 10.6 Å². The van der Waals surface area contributed by atoms with Gasteiger partial charge < -0.3 is 15.7 Å². The minimum Gasteiger partial charge on any atom is -0.481 e. The minimum atomic E-state index is -0.920. The monoisotopic (exact) mass is 378 g/mol. The van der Waals surface area contributed by atoms with Crippen molar-refractivity contribution in [3.63, 3.8) is 0 Å². The Morgan fingerprint density at radius 3 is 2.56 bits per heavy atom. The lowest BCUT2D eigenvalue weighted by atomic mass is 9.84. The molecule has 0 heterocycles. The van der Waals surface area contributed by atoms with E-state index < -0.39 is 17.7 Å². The number of anilines is 1. The number of benzene rings is 1. The van der Waals surface area contributed by atoms with E-state index in [1.54, 1.807) is 0 Å². The van der Waals surface area contributed by atoms with Gasteiger partial charge in [0.05, 0.1) is 5.56 Å². The highest BCUT2D eigenvalue weighted by Gasteiger charge is 2.23. The number of hydrogen-bond donors (Lipinski definition) is 3. The number of halogens is 1. The fourth-order valence-electron chi connectivity index (χ4n) is 3.62. The van der Waals surface area contributed by atoms with Crippen LogP contribution in [0.4, 0.5) is 10.1 Å². The third kappa shape index (κ3) is 7.00. The molecule has 2 rings (SSSR count). The Morgan fingerprint density at radius 2 is 1.93 bits per heavy atom. The number of nitrogens with one attached hydrogen (secondary N) is 2. The van der Waals surface area contributed by atoms with Crippen molar-refractivity contribution in [1.82, 2.24) is 5.32 Å². The lowest BCUT2D eigenvalue weighted by Gasteiger charge is -2.27. The van der Waals surface area contributed by atoms with Crippen LogP contribution in [0.2, 0.25) is 0 Å². The maximum Gasteiger partial charge on any atom is 0.303 e. The number of carbonyl (C=O) groups is 3. The van der Waals surface area contributed by atoms with Crippen molar-refractivity contribution in [3.05, 3.63) is 29.6 Å². The highest BCUT2D eigenvalue weighted by Crippen LogP contribution is 2.28. The zero-order valence-corrected chi connectivity index (χ0v) is 15.6. The lowest BCUT2D eigenvalue weighted by molar-refractivity contribution is -0.137. The largest absolute Gasteiger partial charge is 0.481 e. The molecular weight excluding hydrogens is 351 g/mol. The molecule has 0 aliphatic heterocycles. The topological polar surface area (TPSA) is 95.5 Å². The van der Waals surface area contributed by atoms with Crippen LogP contribution in [0.25, 0.3) is 0 Å². The summed E-state index contributed by atoms with van der Waals surface area (Å²) in [7, 11) is 0. The average Bonchev–Trinajstić information content (AvgIpc) is 2.61. The van der Waals surface area contributed by atoms with Crippen LogP contribution in [0.3, 0.4) is 0 Å². The van der Waals surface area contributed by atoms with Crippen molar-refractivity contribution < 1.29 is 23.9 Å². The molecule has 1 atom stereocenters. The Morgan fingerprint density at radius 1 is 1.22 bits per heavy atom. The number of carboxylic acids is 1. The van der Waals surface area contributed by atoms with Gasteiger partial charge in [-0.25, -0.2) is 4.39 Å². The zero-order chi connectivity index (χ0) is 19.8. The maximum absolute atomic E-state index is 14.1. The molecule has 27 heavy (non-hydrogen) atoms. The second kappa shape index (κ2) is 10.0. The van der Waals surface area contributed by atoms with E-state index in [2.05, 4.69) is 10.6 Å². The minimum absolute atomic E-state index is 0.0495. The van der Waals surface area contributed by atoms with Crippen molar-refractivity contribution in [2.45, 2.75) is 64.3 Å². The number of carbonyl (C=O) groups excluding carboxylic acids is 2. The van der Waals surface area contributed by atoms with Crippen LogP contribution in [0.5, 0.6) is 0 Å². The molecule has 7 heteroatoms. The molecule has 0 radical (unpaired) electrons. The van der Waals surface area contributed by atoms with Crippen LogP contribution >= 0.6 is 0 Å². The van der Waals surface area contributed by atoms with E-state index in [-0.39, 0.29) is 23.9 Å². The van der Waals surface area contributed by atoms with Crippen molar-refractivity contribution in [1.29, 1.82) is 0 Å². The first-order valence-electron chi connectivity index (χ1n) is 9.45. The van der Waals surface area contributed by atoms with E-state index in [1.807, 2.05) is 0 Å². The SMILES string of the molecule is CC(=O)Nc1ccc(F)c(C(=O)NC(CCC(=O)O)CC2CCCCC2)c1. The van der Waals surface area contributed by atoms with E-state index in [9.17, 15) is 18.8 Å². The lowest BCUT2D eigenvalue weighted by Crippen LogP contribution is -2.37. The number of carboxylic acid groups (broad SMARTS) is 1. The van der Waals surface area contributed by atoms with Gasteiger partial charge in [0.2, 0.25) is 5.91 Å². The van der Waals surface area contributed by atoms with Gasteiger partial charge in [-0.15, -0.1) is 0 Å². The smallest absolute Gasteiger partial charge is 0.303 e. The average molecular weight is 378 g/mol. The summed E-state index contributed by atoms with van der Waals surface area (Å²) in [6.45, 7) is 1.33. The third-order valence-corrected chi connectivity index (χ3v) is 4.92. The summed E-state index contributed by atoms with van der Waals surface area (Å²) < 4.78 is 14.1. The van der Waals surface area contributed by atoms with Crippen LogP contribution in [0.15, 0.2) is 18.2 Å². The molecule has 1 aromatic carbocycles. The Bertz CT molecular complexity index is 687. The molecule has 1 unspecified atom stereocenters. The Hall–Kier alpha value is -2.44. The molecule has 148 valence electrons. The summed E-state index contributed by atoms with van der Waals surface area (Å²) in [6.07, 6.45) is 6.62. The van der Waals surface area contributed by atoms with E-state index >= 15 is 0 Å². The van der Waals surface area contributed by atoms with Gasteiger partial charge in [-0.1, -0.05) is 32.1 Å². The van der Waals surface area contributed by atoms with Gasteiger partial charge in [0.1, 0.15) is 5.82 Å². The Balaban J connectivity index is 2.08. The van der Waals surface area contributed by atoms with Crippen LogP contribution in [0.1, 0.15) is 68.6 Å². The molecule has 0 bridgehead atoms. The number of hydrogen-bond acceptors (Lipinski definition) is 3. The summed E-state index contributed by atoms with van der Waals surface area (Å²) in [5.74, 6) is -2.06. The first kappa shape index (κ1) is 20.9. The predicted octanol–water partition coefficient (Wildman–Crippen LogP) is 3.72. The summed E-state index contributed by atoms with van der Waals surface area (Å²) in [5, 5.41) is 14.3. The van der Waals surface area contributed by atoms with Crippen molar-refractivity contribution in [2.24, 2.45) is 5.92 Å². The summed E-state index contributed by atoms with van der Waals surface area (Å²) in [4.78, 5) is 34.7. The molecule has 0 aromatic heterocycles. The van der Waals surface area contributed by atoms with Crippen LogP contribution in [0, 0.1) is 11.7 Å². The Kier molecular flexibility index (Phi) is 7.76. The van der Waals surface area contributed by atoms with Crippen molar-refractivity contribution >= 4 is 23.5 Å². The first-order chi connectivity index (χ1) is 12.8. The van der Waals surface area contributed by atoms with E-state index in [1.165, 1.54) is 25.5 Å². The van der Waals surface area contributed by atoms with Crippen LogP contribution in [-0.4, -0.2) is 28.9 Å². The molecule has 1 aromatic rings. The van der Waals surface area contributed by atoms with Gasteiger partial charge in [0, 0.05) is 25.1 Å². The number of amides is 2. The second-order valence-corrected chi connectivity index (χ2v) is 7.22. The normalized spacial score (nSPS) is 15.8.